The zero-order chi connectivity index (χ0) is 16.9. The van der Waals surface area contributed by atoms with Gasteiger partial charge in [0, 0.05) is 12.6 Å². The Kier molecular flexibility index (Phi) is 5.01. The highest BCUT2D eigenvalue weighted by Gasteiger charge is 2.26. The predicted molar refractivity (Wildman–Crippen MR) is 90.1 cm³/mol. The maximum Gasteiger partial charge on any atom is 0.226 e. The largest absolute Gasteiger partial charge is 0.497 e. The zero-order valence-corrected chi connectivity index (χ0v) is 13.6. The molecule has 0 spiro atoms. The van der Waals surface area contributed by atoms with E-state index in [1.807, 2.05) is 48.5 Å². The molecular formula is C19H21NO4. The Balaban J connectivity index is 1.56. The number of hydrogen-bond acceptors (Lipinski definition) is 4. The summed E-state index contributed by atoms with van der Waals surface area (Å²) in [6, 6.07) is 14.9. The van der Waals surface area contributed by atoms with E-state index in [0.717, 1.165) is 22.6 Å². The Morgan fingerprint density at radius 1 is 1.33 bits per heavy atom. The number of carbonyl (C=O) groups excluding carboxylic acids is 1. The first kappa shape index (κ1) is 16.3. The lowest BCUT2D eigenvalue weighted by molar-refractivity contribution is -0.126. The van der Waals surface area contributed by atoms with Crippen LogP contribution in [0.15, 0.2) is 48.5 Å². The van der Waals surface area contributed by atoms with Gasteiger partial charge in [-0.2, -0.15) is 0 Å². The zero-order valence-electron chi connectivity index (χ0n) is 13.6. The van der Waals surface area contributed by atoms with Gasteiger partial charge in [-0.1, -0.05) is 36.4 Å². The molecule has 0 unspecified atom stereocenters. The minimum atomic E-state index is -0.712. The monoisotopic (exact) mass is 327 g/mol. The number of fused-ring (bicyclic) bond motifs is 1. The molecule has 1 aliphatic rings. The van der Waals surface area contributed by atoms with Crippen LogP contribution in [0.1, 0.15) is 17.2 Å². The van der Waals surface area contributed by atoms with Gasteiger partial charge >= 0.3 is 0 Å². The molecule has 2 aromatic carbocycles. The lowest BCUT2D eigenvalue weighted by atomic mass is 9.95. The Hall–Kier alpha value is -2.53. The van der Waals surface area contributed by atoms with Gasteiger partial charge in [0.1, 0.15) is 18.1 Å². The summed E-state index contributed by atoms with van der Waals surface area (Å²) in [6.45, 7) is 0.516. The molecule has 24 heavy (non-hydrogen) atoms. The van der Waals surface area contributed by atoms with Crippen molar-refractivity contribution >= 4 is 5.91 Å². The van der Waals surface area contributed by atoms with Gasteiger partial charge in [-0.05, 0) is 23.6 Å². The first-order chi connectivity index (χ1) is 11.7. The molecule has 0 radical (unpaired) electrons. The van der Waals surface area contributed by atoms with Crippen LogP contribution in [0, 0.1) is 5.92 Å². The second-order valence-electron chi connectivity index (χ2n) is 5.86. The number of carbonyl (C=O) groups is 1. The molecule has 0 saturated carbocycles. The lowest BCUT2D eigenvalue weighted by Gasteiger charge is -2.25. The van der Waals surface area contributed by atoms with Crippen LogP contribution in [0.5, 0.6) is 11.5 Å². The van der Waals surface area contributed by atoms with E-state index in [1.54, 1.807) is 7.11 Å². The first-order valence-corrected chi connectivity index (χ1v) is 7.98. The molecule has 0 saturated heterocycles. The van der Waals surface area contributed by atoms with Crippen LogP contribution in [0.25, 0.3) is 0 Å². The predicted octanol–water partition coefficient (Wildman–Crippen LogP) is 2.10. The molecule has 2 N–H and O–H groups in total. The second-order valence-corrected chi connectivity index (χ2v) is 5.86. The van der Waals surface area contributed by atoms with Crippen LogP contribution < -0.4 is 14.8 Å². The van der Waals surface area contributed by atoms with Crippen molar-refractivity contribution in [1.82, 2.24) is 5.32 Å². The quantitative estimate of drug-likeness (QED) is 0.882. The van der Waals surface area contributed by atoms with Crippen molar-refractivity contribution in [3.63, 3.8) is 0 Å². The Morgan fingerprint density at radius 3 is 2.88 bits per heavy atom. The molecule has 2 aromatic rings. The van der Waals surface area contributed by atoms with E-state index in [1.165, 1.54) is 0 Å². The number of hydrogen-bond donors (Lipinski definition) is 2. The van der Waals surface area contributed by atoms with Gasteiger partial charge in [-0.3, -0.25) is 4.79 Å². The molecule has 3 rings (SSSR count). The Bertz CT molecular complexity index is 702. The van der Waals surface area contributed by atoms with Crippen LogP contribution in [0.4, 0.5) is 0 Å². The van der Waals surface area contributed by atoms with Crippen LogP contribution in [-0.2, 0) is 11.2 Å². The Morgan fingerprint density at radius 2 is 2.12 bits per heavy atom. The molecule has 126 valence electrons. The fraction of sp³-hybridized carbons (Fsp3) is 0.316. The van der Waals surface area contributed by atoms with E-state index in [4.69, 9.17) is 9.47 Å². The van der Waals surface area contributed by atoms with E-state index in [-0.39, 0.29) is 18.4 Å². The second kappa shape index (κ2) is 7.36. The molecule has 5 heteroatoms. The SMILES string of the molecule is COc1ccc2c(c1)OC[C@@H](C(=O)NC[C@@H](O)c1ccccc1)C2. The van der Waals surface area contributed by atoms with E-state index >= 15 is 0 Å². The van der Waals surface area contributed by atoms with Gasteiger partial charge in [0.25, 0.3) is 0 Å². The fourth-order valence-corrected chi connectivity index (χ4v) is 2.78. The summed E-state index contributed by atoms with van der Waals surface area (Å²) in [4.78, 5) is 12.3. The number of rotatable bonds is 5. The van der Waals surface area contributed by atoms with E-state index in [9.17, 15) is 9.90 Å². The first-order valence-electron chi connectivity index (χ1n) is 7.98. The normalized spacial score (nSPS) is 17.3. The molecule has 0 bridgehead atoms. The van der Waals surface area contributed by atoms with Gasteiger partial charge in [0.15, 0.2) is 0 Å². The average Bonchev–Trinajstić information content (AvgIpc) is 2.65. The minimum Gasteiger partial charge on any atom is -0.497 e. The van der Waals surface area contributed by atoms with Crippen molar-refractivity contribution in [1.29, 1.82) is 0 Å². The van der Waals surface area contributed by atoms with E-state index in [2.05, 4.69) is 5.32 Å². The topological polar surface area (TPSA) is 67.8 Å². The number of ether oxygens (including phenoxy) is 2. The van der Waals surface area contributed by atoms with Gasteiger partial charge in [-0.25, -0.2) is 0 Å². The van der Waals surface area contributed by atoms with Gasteiger partial charge in [0.05, 0.1) is 19.1 Å². The van der Waals surface area contributed by atoms with Gasteiger partial charge < -0.3 is 19.9 Å². The summed E-state index contributed by atoms with van der Waals surface area (Å²) in [5.74, 6) is 1.14. The van der Waals surface area contributed by atoms with E-state index < -0.39 is 6.10 Å². The Labute approximate surface area is 141 Å². The van der Waals surface area contributed by atoms with Crippen molar-refractivity contribution in [3.8, 4) is 11.5 Å². The number of nitrogens with one attached hydrogen (secondary N) is 1. The molecule has 2 atom stereocenters. The highest BCUT2D eigenvalue weighted by Crippen LogP contribution is 2.31. The maximum atomic E-state index is 12.3. The summed E-state index contributed by atoms with van der Waals surface area (Å²) in [7, 11) is 1.61. The minimum absolute atomic E-state index is 0.105. The highest BCUT2D eigenvalue weighted by atomic mass is 16.5. The van der Waals surface area contributed by atoms with Crippen molar-refractivity contribution in [2.24, 2.45) is 5.92 Å². The lowest BCUT2D eigenvalue weighted by Crippen LogP contribution is -2.39. The van der Waals surface area contributed by atoms with Crippen molar-refractivity contribution in [3.05, 3.63) is 59.7 Å². The molecular weight excluding hydrogens is 306 g/mol. The third-order valence-electron chi connectivity index (χ3n) is 4.21. The van der Waals surface area contributed by atoms with Crippen LogP contribution in [-0.4, -0.2) is 31.3 Å². The molecule has 0 aromatic heterocycles. The van der Waals surface area contributed by atoms with Crippen LogP contribution in [0.2, 0.25) is 0 Å². The molecule has 5 nitrogen and oxygen atoms in total. The fourth-order valence-electron chi connectivity index (χ4n) is 2.78. The number of benzene rings is 2. The molecule has 1 aliphatic heterocycles. The standard InChI is InChI=1S/C19H21NO4/c1-23-16-8-7-14-9-15(12-24-18(14)10-16)19(22)20-11-17(21)13-5-3-2-4-6-13/h2-8,10,15,17,21H,9,11-12H2,1H3,(H,20,22)/t15-,17+/m0/s1. The number of aliphatic hydroxyl groups excluding tert-OH is 1. The maximum absolute atomic E-state index is 12.3. The smallest absolute Gasteiger partial charge is 0.226 e. The molecule has 0 fully saturated rings. The van der Waals surface area contributed by atoms with Crippen LogP contribution in [0.3, 0.4) is 0 Å². The van der Waals surface area contributed by atoms with E-state index in [0.29, 0.717) is 13.0 Å². The van der Waals surface area contributed by atoms with Crippen molar-refractivity contribution in [2.45, 2.75) is 12.5 Å². The van der Waals surface area contributed by atoms with Gasteiger partial charge in [-0.15, -0.1) is 0 Å². The summed E-state index contributed by atoms with van der Waals surface area (Å²) >= 11 is 0. The summed E-state index contributed by atoms with van der Waals surface area (Å²) < 4.78 is 10.9. The number of methoxy groups -OCH3 is 1. The van der Waals surface area contributed by atoms with Crippen LogP contribution >= 0.6 is 0 Å². The number of amides is 1. The highest BCUT2D eigenvalue weighted by molar-refractivity contribution is 5.79. The number of aliphatic hydroxyl groups is 1. The average molecular weight is 327 g/mol. The summed E-state index contributed by atoms with van der Waals surface area (Å²) in [5, 5.41) is 12.9. The molecule has 0 aliphatic carbocycles. The van der Waals surface area contributed by atoms with Crippen molar-refractivity contribution < 1.29 is 19.4 Å². The third kappa shape index (κ3) is 3.68. The summed E-state index contributed by atoms with van der Waals surface area (Å²) in [6.07, 6.45) is -0.0942. The van der Waals surface area contributed by atoms with Gasteiger partial charge in [0.2, 0.25) is 5.91 Å². The third-order valence-corrected chi connectivity index (χ3v) is 4.21. The molecule has 1 heterocycles. The summed E-state index contributed by atoms with van der Waals surface area (Å²) in [5.41, 5.74) is 1.78. The van der Waals surface area contributed by atoms with Crippen molar-refractivity contribution in [2.75, 3.05) is 20.3 Å². The molecule has 1 amide bonds.